The van der Waals surface area contributed by atoms with Crippen LogP contribution in [-0.2, 0) is 19.0 Å². The van der Waals surface area contributed by atoms with Gasteiger partial charge in [-0.3, -0.25) is 14.4 Å². The largest absolute Gasteiger partial charge is 0.507 e. The molecule has 0 saturated carbocycles. The molecule has 1 aliphatic heterocycles. The third-order valence-electron chi connectivity index (χ3n) is 7.83. The molecule has 0 bridgehead atoms. The van der Waals surface area contributed by atoms with E-state index in [-0.39, 0.29) is 35.1 Å². The number of hydrogen-bond acceptors (Lipinski definition) is 12. The molecule has 208 valence electrons. The third-order valence-corrected chi connectivity index (χ3v) is 7.83. The molecule has 2 aromatic rings. The van der Waals surface area contributed by atoms with Crippen LogP contribution in [0.15, 0.2) is 18.2 Å². The maximum atomic E-state index is 13.5. The Bertz CT molecular complexity index is 1390. The highest BCUT2D eigenvalue weighted by Crippen LogP contribution is 2.56. The summed E-state index contributed by atoms with van der Waals surface area (Å²) >= 11 is 0. The summed E-state index contributed by atoms with van der Waals surface area (Å²) in [6.07, 6.45) is -4.25. The standard InChI is InChI=1S/C27H29NO11/c1-9-21(30)11(28)7-14(38-9)39-13-8-27(2,36)20(26(35)37-3)17-16(13)24(33)19-18(25(17)34)22(31)10-5-4-6-12(29)15(10)23(19)32/h4-6,9,11,13-14,20-21,29-30,33-34,36H,7-8,28H2,1-3H3/t9-,11-,13-,14-,20-,21+,27+/m0/s1. The second kappa shape index (κ2) is 9.28. The number of phenols is 3. The smallest absolute Gasteiger partial charge is 0.316 e. The third kappa shape index (κ3) is 3.98. The number of carbonyl (C=O) groups is 3. The van der Waals surface area contributed by atoms with Crippen LogP contribution in [0.2, 0.25) is 0 Å². The Morgan fingerprint density at radius 2 is 1.72 bits per heavy atom. The number of nitrogens with two attached hydrogens (primary N) is 1. The van der Waals surface area contributed by atoms with Crippen molar-refractivity contribution in [2.45, 2.75) is 68.9 Å². The van der Waals surface area contributed by atoms with Gasteiger partial charge in [0.1, 0.15) is 23.2 Å². The van der Waals surface area contributed by atoms with Crippen LogP contribution in [-0.4, -0.2) is 80.3 Å². The maximum Gasteiger partial charge on any atom is 0.316 e. The molecule has 12 heteroatoms. The van der Waals surface area contributed by atoms with Gasteiger partial charge in [-0.25, -0.2) is 0 Å². The van der Waals surface area contributed by atoms with E-state index in [0.717, 1.165) is 7.11 Å². The Morgan fingerprint density at radius 3 is 2.36 bits per heavy atom. The van der Waals surface area contributed by atoms with Gasteiger partial charge in [-0.15, -0.1) is 0 Å². The topological polar surface area (TPSA) is 206 Å². The lowest BCUT2D eigenvalue weighted by Gasteiger charge is -2.44. The lowest BCUT2D eigenvalue weighted by Crippen LogP contribution is -2.52. The molecule has 7 N–H and O–H groups in total. The Balaban J connectivity index is 1.74. The summed E-state index contributed by atoms with van der Waals surface area (Å²) in [4.78, 5) is 39.9. The van der Waals surface area contributed by atoms with Gasteiger partial charge < -0.3 is 45.5 Å². The van der Waals surface area contributed by atoms with Gasteiger partial charge in [0, 0.05) is 35.6 Å². The van der Waals surface area contributed by atoms with E-state index in [9.17, 15) is 39.9 Å². The van der Waals surface area contributed by atoms with Crippen molar-refractivity contribution in [3.8, 4) is 17.2 Å². The number of carbonyl (C=O) groups excluding carboxylic acids is 3. The first-order valence-corrected chi connectivity index (χ1v) is 12.4. The quantitative estimate of drug-likeness (QED) is 0.201. The zero-order valence-corrected chi connectivity index (χ0v) is 21.4. The summed E-state index contributed by atoms with van der Waals surface area (Å²) in [7, 11) is 1.08. The van der Waals surface area contributed by atoms with Crippen LogP contribution in [0.4, 0.5) is 0 Å². The predicted octanol–water partition coefficient (Wildman–Crippen LogP) is 0.871. The number of aliphatic hydroxyl groups excluding tert-OH is 1. The van der Waals surface area contributed by atoms with Crippen molar-refractivity contribution >= 4 is 17.5 Å². The fourth-order valence-corrected chi connectivity index (χ4v) is 5.92. The summed E-state index contributed by atoms with van der Waals surface area (Å²) in [6, 6.07) is 3.13. The second-order valence-corrected chi connectivity index (χ2v) is 10.4. The van der Waals surface area contributed by atoms with Crippen LogP contribution in [0.25, 0.3) is 0 Å². The minimum atomic E-state index is -1.91. The maximum absolute atomic E-state index is 13.5. The first kappa shape index (κ1) is 27.0. The van der Waals surface area contributed by atoms with Crippen LogP contribution < -0.4 is 5.73 Å². The number of aliphatic hydroxyl groups is 2. The highest BCUT2D eigenvalue weighted by Gasteiger charge is 2.53. The lowest BCUT2D eigenvalue weighted by atomic mass is 9.68. The average molecular weight is 544 g/mol. The summed E-state index contributed by atoms with van der Waals surface area (Å²) < 4.78 is 16.7. The predicted molar refractivity (Wildman–Crippen MR) is 132 cm³/mol. The van der Waals surface area contributed by atoms with Crippen molar-refractivity contribution in [1.82, 2.24) is 0 Å². The van der Waals surface area contributed by atoms with Crippen LogP contribution in [0, 0.1) is 0 Å². The van der Waals surface area contributed by atoms with Gasteiger partial charge >= 0.3 is 5.97 Å². The summed E-state index contributed by atoms with van der Waals surface area (Å²) in [5, 5.41) is 54.9. The van der Waals surface area contributed by atoms with E-state index in [4.69, 9.17) is 19.9 Å². The molecule has 3 aliphatic rings. The number of rotatable bonds is 3. The molecule has 0 aromatic heterocycles. The number of ketones is 2. The van der Waals surface area contributed by atoms with Gasteiger partial charge in [-0.1, -0.05) is 12.1 Å². The highest BCUT2D eigenvalue weighted by molar-refractivity contribution is 6.31. The van der Waals surface area contributed by atoms with E-state index >= 15 is 0 Å². The number of aromatic hydroxyl groups is 3. The molecule has 7 atom stereocenters. The van der Waals surface area contributed by atoms with E-state index < -0.39 is 88.1 Å². The van der Waals surface area contributed by atoms with Crippen molar-refractivity contribution in [3.05, 3.63) is 51.6 Å². The zero-order chi connectivity index (χ0) is 28.5. The normalized spacial score (nSPS) is 31.7. The van der Waals surface area contributed by atoms with E-state index in [2.05, 4.69) is 0 Å². The van der Waals surface area contributed by atoms with Gasteiger partial charge in [-0.05, 0) is 19.9 Å². The molecule has 0 radical (unpaired) electrons. The second-order valence-electron chi connectivity index (χ2n) is 10.4. The minimum absolute atomic E-state index is 0.0380. The van der Waals surface area contributed by atoms with Gasteiger partial charge in [0.15, 0.2) is 12.1 Å². The first-order valence-electron chi connectivity index (χ1n) is 12.4. The molecule has 1 heterocycles. The van der Waals surface area contributed by atoms with Gasteiger partial charge in [0.25, 0.3) is 0 Å². The molecule has 39 heavy (non-hydrogen) atoms. The lowest BCUT2D eigenvalue weighted by molar-refractivity contribution is -0.248. The van der Waals surface area contributed by atoms with Crippen LogP contribution in [0.3, 0.4) is 0 Å². The SMILES string of the molecule is COC(=O)[C@@H]1c2c(O)c3c(c(O)c2[C@@H](O[C@H]2C[C@H](N)[C@H](O)[C@H](C)O2)C[C@@]1(C)O)C(=O)c1c(O)cccc1C3=O. The Labute approximate surface area is 222 Å². The van der Waals surface area contributed by atoms with Crippen LogP contribution in [0.1, 0.15) is 81.7 Å². The summed E-state index contributed by atoms with van der Waals surface area (Å²) in [5.74, 6) is -6.39. The molecule has 12 nitrogen and oxygen atoms in total. The highest BCUT2D eigenvalue weighted by atomic mass is 16.7. The number of benzene rings is 2. The van der Waals surface area contributed by atoms with Crippen LogP contribution >= 0.6 is 0 Å². The van der Waals surface area contributed by atoms with Crippen LogP contribution in [0.5, 0.6) is 17.2 Å². The number of phenolic OH excluding ortho intramolecular Hbond substituents is 3. The molecule has 5 rings (SSSR count). The van der Waals surface area contributed by atoms with E-state index in [1.54, 1.807) is 6.92 Å². The summed E-state index contributed by atoms with van der Waals surface area (Å²) in [5.41, 5.74) is 1.84. The first-order chi connectivity index (χ1) is 18.3. The van der Waals surface area contributed by atoms with Crippen molar-refractivity contribution in [3.63, 3.8) is 0 Å². The zero-order valence-electron chi connectivity index (χ0n) is 21.4. The van der Waals surface area contributed by atoms with Gasteiger partial charge in [0.2, 0.25) is 5.78 Å². The van der Waals surface area contributed by atoms with Gasteiger partial charge in [-0.2, -0.15) is 0 Å². The molecular formula is C27H29NO11. The van der Waals surface area contributed by atoms with Crippen molar-refractivity contribution < 1.29 is 54.1 Å². The molecule has 2 aromatic carbocycles. The summed E-state index contributed by atoms with van der Waals surface area (Å²) in [6.45, 7) is 2.90. The molecular weight excluding hydrogens is 514 g/mol. The number of ether oxygens (including phenoxy) is 3. The molecule has 0 amide bonds. The van der Waals surface area contributed by atoms with E-state index in [1.165, 1.54) is 25.1 Å². The number of methoxy groups -OCH3 is 1. The molecule has 0 spiro atoms. The van der Waals surface area contributed by atoms with E-state index in [1.807, 2.05) is 0 Å². The van der Waals surface area contributed by atoms with E-state index in [0.29, 0.717) is 0 Å². The minimum Gasteiger partial charge on any atom is -0.507 e. The molecule has 1 saturated heterocycles. The Hall–Kier alpha value is -3.55. The number of esters is 1. The number of hydrogen-bond donors (Lipinski definition) is 6. The Kier molecular flexibility index (Phi) is 6.43. The molecule has 1 fully saturated rings. The number of fused-ring (bicyclic) bond motifs is 3. The molecule has 0 unspecified atom stereocenters. The monoisotopic (exact) mass is 543 g/mol. The van der Waals surface area contributed by atoms with Gasteiger partial charge in [0.05, 0.1) is 47.7 Å². The fourth-order valence-electron chi connectivity index (χ4n) is 5.92. The van der Waals surface area contributed by atoms with Crippen molar-refractivity contribution in [2.24, 2.45) is 5.73 Å². The van der Waals surface area contributed by atoms with Crippen molar-refractivity contribution in [2.75, 3.05) is 7.11 Å². The van der Waals surface area contributed by atoms with Crippen molar-refractivity contribution in [1.29, 1.82) is 0 Å². The molecule has 2 aliphatic carbocycles. The average Bonchev–Trinajstić information content (AvgIpc) is 2.86. The Morgan fingerprint density at radius 1 is 1.08 bits per heavy atom. The fraction of sp³-hybridized carbons (Fsp3) is 0.444.